The summed E-state index contributed by atoms with van der Waals surface area (Å²) in [6.45, 7) is 5.43. The van der Waals surface area contributed by atoms with E-state index in [1.807, 2.05) is 22.7 Å². The van der Waals surface area contributed by atoms with Crippen molar-refractivity contribution in [3.63, 3.8) is 0 Å². The molecule has 18 heavy (non-hydrogen) atoms. The molecule has 3 aromatic rings. The maximum absolute atomic E-state index is 2.42. The predicted octanol–water partition coefficient (Wildman–Crippen LogP) is 5.27. The lowest BCUT2D eigenvalue weighted by atomic mass is 10.2. The Morgan fingerprint density at radius 3 is 2.28 bits per heavy atom. The van der Waals surface area contributed by atoms with Crippen LogP contribution in [0.1, 0.15) is 12.5 Å². The SMILES string of the molecule is CCn1c(-c2cccs2)cc(C)c1-c1cccs1. The Hall–Kier alpha value is -1.32. The summed E-state index contributed by atoms with van der Waals surface area (Å²) in [4.78, 5) is 2.71. The number of aromatic nitrogens is 1. The quantitative estimate of drug-likeness (QED) is 0.612. The summed E-state index contributed by atoms with van der Waals surface area (Å²) in [5, 5.41) is 4.29. The first-order chi connectivity index (χ1) is 8.81. The summed E-state index contributed by atoms with van der Waals surface area (Å²) in [6, 6.07) is 11.0. The molecule has 0 saturated heterocycles. The van der Waals surface area contributed by atoms with Gasteiger partial charge in [-0.2, -0.15) is 0 Å². The van der Waals surface area contributed by atoms with Gasteiger partial charge in [-0.1, -0.05) is 12.1 Å². The van der Waals surface area contributed by atoms with E-state index in [1.54, 1.807) is 0 Å². The lowest BCUT2D eigenvalue weighted by molar-refractivity contribution is 0.786. The zero-order valence-electron chi connectivity index (χ0n) is 10.5. The Labute approximate surface area is 115 Å². The summed E-state index contributed by atoms with van der Waals surface area (Å²) in [6.07, 6.45) is 0. The van der Waals surface area contributed by atoms with E-state index in [0.717, 1.165) is 6.54 Å². The van der Waals surface area contributed by atoms with E-state index in [4.69, 9.17) is 0 Å². The average Bonchev–Trinajstić information content (AvgIpc) is 3.08. The van der Waals surface area contributed by atoms with Gasteiger partial charge in [0, 0.05) is 6.54 Å². The second kappa shape index (κ2) is 4.75. The van der Waals surface area contributed by atoms with Crippen molar-refractivity contribution >= 4 is 22.7 Å². The molecular weight excluding hydrogens is 258 g/mol. The summed E-state index contributed by atoms with van der Waals surface area (Å²) >= 11 is 3.62. The van der Waals surface area contributed by atoms with Gasteiger partial charge in [0.05, 0.1) is 21.1 Å². The van der Waals surface area contributed by atoms with Crippen LogP contribution in [-0.4, -0.2) is 4.57 Å². The highest BCUT2D eigenvalue weighted by Gasteiger charge is 2.15. The molecule has 1 nitrogen and oxygen atoms in total. The van der Waals surface area contributed by atoms with Crippen LogP contribution in [0.2, 0.25) is 0 Å². The molecule has 0 aliphatic heterocycles. The molecule has 0 N–H and O–H groups in total. The maximum Gasteiger partial charge on any atom is 0.0616 e. The third-order valence-corrected chi connectivity index (χ3v) is 4.90. The smallest absolute Gasteiger partial charge is 0.0616 e. The maximum atomic E-state index is 2.42. The summed E-state index contributed by atoms with van der Waals surface area (Å²) in [7, 11) is 0. The van der Waals surface area contributed by atoms with Crippen LogP contribution in [0.25, 0.3) is 21.1 Å². The van der Waals surface area contributed by atoms with Gasteiger partial charge in [0.1, 0.15) is 0 Å². The molecule has 0 spiro atoms. The molecule has 3 rings (SSSR count). The van der Waals surface area contributed by atoms with Crippen molar-refractivity contribution in [2.75, 3.05) is 0 Å². The number of nitrogens with zero attached hydrogens (tertiary/aromatic N) is 1. The van der Waals surface area contributed by atoms with Crippen molar-refractivity contribution in [2.45, 2.75) is 20.4 Å². The van der Waals surface area contributed by atoms with Gasteiger partial charge in [0.25, 0.3) is 0 Å². The lowest BCUT2D eigenvalue weighted by Crippen LogP contribution is -1.98. The average molecular weight is 273 g/mol. The van der Waals surface area contributed by atoms with E-state index in [0.29, 0.717) is 0 Å². The molecule has 0 aromatic carbocycles. The fourth-order valence-corrected chi connectivity index (χ4v) is 3.98. The molecule has 92 valence electrons. The first-order valence-electron chi connectivity index (χ1n) is 6.09. The molecule has 3 heteroatoms. The van der Waals surface area contributed by atoms with E-state index in [1.165, 1.54) is 26.7 Å². The zero-order valence-corrected chi connectivity index (χ0v) is 12.1. The molecule has 0 radical (unpaired) electrons. The van der Waals surface area contributed by atoms with Crippen molar-refractivity contribution in [1.29, 1.82) is 0 Å². The minimum atomic E-state index is 1.01. The third-order valence-electron chi connectivity index (χ3n) is 3.13. The van der Waals surface area contributed by atoms with Crippen LogP contribution >= 0.6 is 22.7 Å². The second-order valence-corrected chi connectivity index (χ2v) is 6.16. The predicted molar refractivity (Wildman–Crippen MR) is 81.5 cm³/mol. The number of hydrogen-bond donors (Lipinski definition) is 0. The Morgan fingerprint density at radius 2 is 1.72 bits per heavy atom. The molecule has 0 amide bonds. The van der Waals surface area contributed by atoms with E-state index in [2.05, 4.69) is 59.5 Å². The van der Waals surface area contributed by atoms with E-state index >= 15 is 0 Å². The van der Waals surface area contributed by atoms with Crippen molar-refractivity contribution in [2.24, 2.45) is 0 Å². The minimum Gasteiger partial charge on any atom is -0.339 e. The zero-order chi connectivity index (χ0) is 12.5. The van der Waals surface area contributed by atoms with Gasteiger partial charge in [-0.25, -0.2) is 0 Å². The Bertz CT molecular complexity index is 630. The van der Waals surface area contributed by atoms with Gasteiger partial charge in [-0.15, -0.1) is 22.7 Å². The number of aryl methyl sites for hydroxylation is 1. The second-order valence-electron chi connectivity index (χ2n) is 4.26. The van der Waals surface area contributed by atoms with Gasteiger partial charge in [-0.05, 0) is 48.4 Å². The molecular formula is C15H15NS2. The number of rotatable bonds is 3. The summed E-state index contributed by atoms with van der Waals surface area (Å²) in [5.41, 5.74) is 4.08. The van der Waals surface area contributed by atoms with Gasteiger partial charge in [-0.3, -0.25) is 0 Å². The highest BCUT2D eigenvalue weighted by molar-refractivity contribution is 7.14. The third kappa shape index (κ3) is 1.84. The number of thiophene rings is 2. The highest BCUT2D eigenvalue weighted by atomic mass is 32.1. The lowest BCUT2D eigenvalue weighted by Gasteiger charge is -2.09. The monoisotopic (exact) mass is 273 g/mol. The Kier molecular flexibility index (Phi) is 3.10. The van der Waals surface area contributed by atoms with Crippen LogP contribution in [0, 0.1) is 6.92 Å². The van der Waals surface area contributed by atoms with E-state index < -0.39 is 0 Å². The molecule has 0 saturated carbocycles. The number of hydrogen-bond acceptors (Lipinski definition) is 2. The van der Waals surface area contributed by atoms with Crippen LogP contribution in [0.3, 0.4) is 0 Å². The molecule has 3 aromatic heterocycles. The van der Waals surface area contributed by atoms with Crippen molar-refractivity contribution < 1.29 is 0 Å². The first-order valence-corrected chi connectivity index (χ1v) is 7.85. The van der Waals surface area contributed by atoms with Crippen molar-refractivity contribution in [1.82, 2.24) is 4.57 Å². The molecule has 3 heterocycles. The van der Waals surface area contributed by atoms with Gasteiger partial charge >= 0.3 is 0 Å². The molecule has 0 unspecified atom stereocenters. The van der Waals surface area contributed by atoms with Crippen LogP contribution < -0.4 is 0 Å². The van der Waals surface area contributed by atoms with Crippen LogP contribution in [-0.2, 0) is 6.54 Å². The van der Waals surface area contributed by atoms with E-state index in [9.17, 15) is 0 Å². The molecule has 0 aliphatic carbocycles. The van der Waals surface area contributed by atoms with Crippen LogP contribution in [0.15, 0.2) is 41.1 Å². The van der Waals surface area contributed by atoms with Gasteiger partial charge in [0.2, 0.25) is 0 Å². The Morgan fingerprint density at radius 1 is 1.06 bits per heavy atom. The molecule has 0 bridgehead atoms. The van der Waals surface area contributed by atoms with Crippen molar-refractivity contribution in [3.8, 4) is 21.1 Å². The van der Waals surface area contributed by atoms with Gasteiger partial charge < -0.3 is 4.57 Å². The largest absolute Gasteiger partial charge is 0.339 e. The standard InChI is InChI=1S/C15H15NS2/c1-3-16-12(13-6-4-8-17-13)10-11(2)15(16)14-7-5-9-18-14/h4-10H,3H2,1-2H3. The van der Waals surface area contributed by atoms with Crippen LogP contribution in [0.4, 0.5) is 0 Å². The van der Waals surface area contributed by atoms with E-state index in [-0.39, 0.29) is 0 Å². The summed E-state index contributed by atoms with van der Waals surface area (Å²) < 4.78 is 2.42. The molecule has 0 fully saturated rings. The minimum absolute atomic E-state index is 1.01. The van der Waals surface area contributed by atoms with Gasteiger partial charge in [0.15, 0.2) is 0 Å². The normalized spacial score (nSPS) is 11.0. The van der Waals surface area contributed by atoms with Crippen molar-refractivity contribution in [3.05, 3.63) is 46.7 Å². The van der Waals surface area contributed by atoms with Crippen LogP contribution in [0.5, 0.6) is 0 Å². The Balaban J connectivity index is 2.22. The first kappa shape index (κ1) is 11.8. The fraction of sp³-hybridized carbons (Fsp3) is 0.200. The topological polar surface area (TPSA) is 4.93 Å². The molecule has 0 aliphatic rings. The highest BCUT2D eigenvalue weighted by Crippen LogP contribution is 2.36. The molecule has 0 atom stereocenters. The summed E-state index contributed by atoms with van der Waals surface area (Å²) in [5.74, 6) is 0. The fourth-order valence-electron chi connectivity index (χ4n) is 2.38.